The number of ether oxygens (including phenoxy) is 1. The fourth-order valence-corrected chi connectivity index (χ4v) is 4.67. The van der Waals surface area contributed by atoms with E-state index in [1.54, 1.807) is 25.1 Å². The van der Waals surface area contributed by atoms with E-state index >= 15 is 0 Å². The van der Waals surface area contributed by atoms with E-state index in [9.17, 15) is 18.3 Å². The summed E-state index contributed by atoms with van der Waals surface area (Å²) in [5.74, 6) is -0.467. The van der Waals surface area contributed by atoms with Gasteiger partial charge < -0.3 is 9.84 Å². The molecule has 184 valence electrons. The van der Waals surface area contributed by atoms with Gasteiger partial charge in [-0.05, 0) is 55.8 Å². The topological polar surface area (TPSA) is 108 Å². The number of para-hydroxylation sites is 1. The molecule has 3 aromatic rings. The van der Waals surface area contributed by atoms with E-state index in [0.717, 1.165) is 15.4 Å². The van der Waals surface area contributed by atoms with Gasteiger partial charge in [0.25, 0.3) is 5.91 Å². The van der Waals surface area contributed by atoms with Crippen molar-refractivity contribution in [3.8, 4) is 11.5 Å². The number of benzene rings is 3. The molecular weight excluding hydrogens is 490 g/mol. The molecule has 3 aromatic carbocycles. The molecule has 35 heavy (non-hydrogen) atoms. The van der Waals surface area contributed by atoms with Crippen molar-refractivity contribution >= 4 is 33.7 Å². The maximum absolute atomic E-state index is 13.3. The van der Waals surface area contributed by atoms with Crippen LogP contribution < -0.4 is 10.2 Å². The molecule has 1 amide bonds. The Labute approximate surface area is 209 Å². The van der Waals surface area contributed by atoms with Gasteiger partial charge in [0.15, 0.2) is 11.5 Å². The first kappa shape index (κ1) is 26.2. The van der Waals surface area contributed by atoms with Crippen LogP contribution >= 0.6 is 11.6 Å². The van der Waals surface area contributed by atoms with Crippen molar-refractivity contribution < 1.29 is 23.1 Å². The number of hydrogen-bond donors (Lipinski definition) is 2. The summed E-state index contributed by atoms with van der Waals surface area (Å²) < 4.78 is 33.0. The minimum atomic E-state index is -4.01. The van der Waals surface area contributed by atoms with Crippen molar-refractivity contribution in [3.05, 3.63) is 88.4 Å². The number of carbonyl (C=O) groups is 1. The summed E-state index contributed by atoms with van der Waals surface area (Å²) in [5, 5.41) is 14.5. The first-order valence-corrected chi connectivity index (χ1v) is 12.6. The molecule has 0 saturated carbocycles. The zero-order valence-electron chi connectivity index (χ0n) is 19.3. The highest BCUT2D eigenvalue weighted by atomic mass is 35.5. The number of amides is 1. The van der Waals surface area contributed by atoms with Crippen LogP contribution in [0.15, 0.2) is 76.7 Å². The number of aromatic hydroxyl groups is 1. The molecule has 0 saturated heterocycles. The first-order chi connectivity index (χ1) is 16.7. The number of nitrogens with one attached hydrogen (secondary N) is 1. The van der Waals surface area contributed by atoms with Crippen molar-refractivity contribution in [2.24, 2.45) is 5.10 Å². The molecule has 0 unspecified atom stereocenters. The van der Waals surface area contributed by atoms with Crippen molar-refractivity contribution in [2.45, 2.75) is 25.3 Å². The second kappa shape index (κ2) is 11.8. The summed E-state index contributed by atoms with van der Waals surface area (Å²) >= 11 is 5.90. The molecule has 0 heterocycles. The Kier molecular flexibility index (Phi) is 8.86. The molecule has 0 bridgehead atoms. The molecule has 0 fully saturated rings. The van der Waals surface area contributed by atoms with Gasteiger partial charge in [0, 0.05) is 17.1 Å². The smallest absolute Gasteiger partial charge is 0.255 e. The molecule has 0 aliphatic carbocycles. The van der Waals surface area contributed by atoms with Crippen LogP contribution in [0.2, 0.25) is 5.02 Å². The third-order valence-electron chi connectivity index (χ3n) is 4.97. The van der Waals surface area contributed by atoms with Crippen molar-refractivity contribution in [2.75, 3.05) is 13.2 Å². The number of phenolic OH excluding ortho intramolecular Hbond substituents is 1. The van der Waals surface area contributed by atoms with Gasteiger partial charge in [0.05, 0.1) is 24.3 Å². The lowest BCUT2D eigenvalue weighted by atomic mass is 10.1. The van der Waals surface area contributed by atoms with Crippen LogP contribution in [-0.4, -0.2) is 43.1 Å². The predicted octanol–water partition coefficient (Wildman–Crippen LogP) is 4.09. The van der Waals surface area contributed by atoms with E-state index in [4.69, 9.17) is 16.3 Å². The number of halogens is 1. The Morgan fingerprint density at radius 1 is 1.11 bits per heavy atom. The van der Waals surface area contributed by atoms with E-state index in [-0.39, 0.29) is 17.2 Å². The van der Waals surface area contributed by atoms with Gasteiger partial charge in [0.2, 0.25) is 10.0 Å². The molecule has 0 aliphatic heterocycles. The summed E-state index contributed by atoms with van der Waals surface area (Å²) in [7, 11) is -4.01. The number of carbonyl (C=O) groups excluding carboxylic acids is 1. The van der Waals surface area contributed by atoms with Crippen molar-refractivity contribution in [3.63, 3.8) is 0 Å². The number of phenols is 1. The normalized spacial score (nSPS) is 11.7. The average Bonchev–Trinajstić information content (AvgIpc) is 2.83. The summed E-state index contributed by atoms with van der Waals surface area (Å²) in [6, 6.07) is 18.0. The van der Waals surface area contributed by atoms with Crippen LogP contribution in [0.5, 0.6) is 11.5 Å². The summed E-state index contributed by atoms with van der Waals surface area (Å²) in [6.45, 7) is 3.62. The fraction of sp³-hybridized carbons (Fsp3) is 0.200. The number of rotatable bonds is 10. The third kappa shape index (κ3) is 7.05. The van der Waals surface area contributed by atoms with Crippen molar-refractivity contribution in [1.82, 2.24) is 9.73 Å². The van der Waals surface area contributed by atoms with Gasteiger partial charge in [-0.15, -0.1) is 0 Å². The molecule has 0 atom stereocenters. The zero-order valence-corrected chi connectivity index (χ0v) is 20.9. The quantitative estimate of drug-likeness (QED) is 0.312. The molecule has 8 nitrogen and oxygen atoms in total. The highest BCUT2D eigenvalue weighted by Crippen LogP contribution is 2.28. The Hall–Kier alpha value is -3.40. The molecule has 2 N–H and O–H groups in total. The highest BCUT2D eigenvalue weighted by molar-refractivity contribution is 7.89. The van der Waals surface area contributed by atoms with Crippen LogP contribution in [-0.2, 0) is 21.4 Å². The maximum atomic E-state index is 13.3. The van der Waals surface area contributed by atoms with Gasteiger partial charge in [-0.2, -0.15) is 9.41 Å². The third-order valence-corrected chi connectivity index (χ3v) is 7.03. The molecule has 10 heteroatoms. The number of aryl methyl sites for hydroxylation is 1. The number of hydrazone groups is 1. The van der Waals surface area contributed by atoms with Gasteiger partial charge in [0.1, 0.15) is 0 Å². The van der Waals surface area contributed by atoms with Gasteiger partial charge in [-0.3, -0.25) is 4.79 Å². The Morgan fingerprint density at radius 3 is 2.46 bits per heavy atom. The maximum Gasteiger partial charge on any atom is 0.255 e. The fourth-order valence-electron chi connectivity index (χ4n) is 3.16. The number of nitrogens with zero attached hydrogens (tertiary/aromatic N) is 2. The van der Waals surface area contributed by atoms with Gasteiger partial charge in [-0.25, -0.2) is 13.8 Å². The second-order valence-electron chi connectivity index (χ2n) is 7.63. The molecule has 0 aliphatic rings. The summed E-state index contributed by atoms with van der Waals surface area (Å²) in [4.78, 5) is 12.7. The van der Waals surface area contributed by atoms with E-state index < -0.39 is 22.5 Å². The number of sulfonamides is 1. The Balaban J connectivity index is 1.78. The van der Waals surface area contributed by atoms with Gasteiger partial charge in [-0.1, -0.05) is 47.5 Å². The van der Waals surface area contributed by atoms with E-state index in [1.165, 1.54) is 30.5 Å². The minimum Gasteiger partial charge on any atom is -0.504 e. The zero-order chi connectivity index (χ0) is 25.4. The number of hydrogen-bond acceptors (Lipinski definition) is 6. The van der Waals surface area contributed by atoms with E-state index in [0.29, 0.717) is 22.9 Å². The largest absolute Gasteiger partial charge is 0.504 e. The highest BCUT2D eigenvalue weighted by Gasteiger charge is 2.27. The SMILES string of the molecule is CCOc1cccc(/C=N\NC(=O)CN(Cc2ccc(C)cc2)S(=O)(=O)c2ccc(Cl)cc2)c1O. The molecule has 3 rings (SSSR count). The monoisotopic (exact) mass is 515 g/mol. The molecule has 0 spiro atoms. The predicted molar refractivity (Wildman–Crippen MR) is 135 cm³/mol. The summed E-state index contributed by atoms with van der Waals surface area (Å²) in [5.41, 5.74) is 4.41. The van der Waals surface area contributed by atoms with Crippen LogP contribution in [0.4, 0.5) is 0 Å². The lowest BCUT2D eigenvalue weighted by Gasteiger charge is -2.21. The molecule has 0 radical (unpaired) electrons. The van der Waals surface area contributed by atoms with E-state index in [1.807, 2.05) is 31.2 Å². The Bertz CT molecular complexity index is 1290. The lowest BCUT2D eigenvalue weighted by molar-refractivity contribution is -0.121. The van der Waals surface area contributed by atoms with E-state index in [2.05, 4.69) is 10.5 Å². The van der Waals surface area contributed by atoms with Crippen molar-refractivity contribution in [1.29, 1.82) is 0 Å². The average molecular weight is 516 g/mol. The lowest BCUT2D eigenvalue weighted by Crippen LogP contribution is -2.39. The first-order valence-electron chi connectivity index (χ1n) is 10.8. The summed E-state index contributed by atoms with van der Waals surface area (Å²) in [6.07, 6.45) is 1.26. The van der Waals surface area contributed by atoms with Crippen LogP contribution in [0, 0.1) is 6.92 Å². The molecule has 0 aromatic heterocycles. The minimum absolute atomic E-state index is 0.0143. The standard InChI is InChI=1S/C25H26ClN3O5S/c1-3-34-23-6-4-5-20(25(23)31)15-27-28-24(30)17-29(16-19-9-7-18(2)8-10-19)35(32,33)22-13-11-21(26)12-14-22/h4-15,31H,3,16-17H2,1-2H3,(H,28,30)/b27-15-. The Morgan fingerprint density at radius 2 is 1.80 bits per heavy atom. The van der Waals surface area contributed by atoms with Crippen LogP contribution in [0.1, 0.15) is 23.6 Å². The molecular formula is C25H26ClN3O5S. The van der Waals surface area contributed by atoms with Gasteiger partial charge >= 0.3 is 0 Å². The van der Waals surface area contributed by atoms with Crippen LogP contribution in [0.25, 0.3) is 0 Å². The van der Waals surface area contributed by atoms with Crippen LogP contribution in [0.3, 0.4) is 0 Å². The second-order valence-corrected chi connectivity index (χ2v) is 10.0.